The molecule has 1 unspecified atom stereocenters. The van der Waals surface area contributed by atoms with Gasteiger partial charge >= 0.3 is 24.2 Å². The van der Waals surface area contributed by atoms with E-state index in [-0.39, 0.29) is 37.4 Å². The number of rotatable bonds is 17. The fourth-order valence-corrected chi connectivity index (χ4v) is 3.11. The summed E-state index contributed by atoms with van der Waals surface area (Å²) < 4.78 is 19.5. The van der Waals surface area contributed by atoms with Crippen molar-refractivity contribution in [2.24, 2.45) is 17.1 Å². The van der Waals surface area contributed by atoms with Gasteiger partial charge in [-0.05, 0) is 50.4 Å². The van der Waals surface area contributed by atoms with Crippen molar-refractivity contribution >= 4 is 24.2 Å². The van der Waals surface area contributed by atoms with Crippen LogP contribution in [0.5, 0.6) is 0 Å². The summed E-state index contributed by atoms with van der Waals surface area (Å²) in [5.74, 6) is -0.168. The van der Waals surface area contributed by atoms with Crippen molar-refractivity contribution in [2.45, 2.75) is 59.8 Å². The molecule has 0 aliphatic carbocycles. The van der Waals surface area contributed by atoms with E-state index in [9.17, 15) is 19.2 Å². The van der Waals surface area contributed by atoms with Gasteiger partial charge in [0.2, 0.25) is 0 Å². The molecule has 0 radical (unpaired) electrons. The van der Waals surface area contributed by atoms with Gasteiger partial charge in [0.25, 0.3) is 0 Å². The fourth-order valence-electron chi connectivity index (χ4n) is 3.11. The van der Waals surface area contributed by atoms with Gasteiger partial charge in [0.1, 0.15) is 13.2 Å². The predicted molar refractivity (Wildman–Crippen MR) is 126 cm³/mol. The Hall–Kier alpha value is -2.98. The molecule has 34 heavy (non-hydrogen) atoms. The largest absolute Gasteiger partial charge is 0.459 e. The molecule has 11 heteroatoms. The molecule has 0 aromatic heterocycles. The van der Waals surface area contributed by atoms with E-state index in [2.05, 4.69) is 42.7 Å². The van der Waals surface area contributed by atoms with Crippen molar-refractivity contribution in [2.75, 3.05) is 39.5 Å². The van der Waals surface area contributed by atoms with E-state index in [1.165, 1.54) is 0 Å². The van der Waals surface area contributed by atoms with Crippen LogP contribution in [0, 0.1) is 11.3 Å². The van der Waals surface area contributed by atoms with Crippen LogP contribution in [0.1, 0.15) is 59.8 Å². The van der Waals surface area contributed by atoms with E-state index < -0.39 is 24.2 Å². The van der Waals surface area contributed by atoms with Crippen molar-refractivity contribution in [3.63, 3.8) is 0 Å². The minimum Gasteiger partial charge on any atom is -0.459 e. The molecule has 4 N–H and O–H groups in total. The van der Waals surface area contributed by atoms with E-state index in [4.69, 9.17) is 19.9 Å². The Labute approximate surface area is 202 Å². The van der Waals surface area contributed by atoms with Gasteiger partial charge in [-0.3, -0.25) is 0 Å². The molecule has 0 bridgehead atoms. The summed E-state index contributed by atoms with van der Waals surface area (Å²) in [5.41, 5.74) is 5.14. The van der Waals surface area contributed by atoms with Crippen LogP contribution in [-0.4, -0.2) is 63.8 Å². The topological polar surface area (TPSA) is 155 Å². The van der Waals surface area contributed by atoms with E-state index in [0.29, 0.717) is 31.8 Å². The van der Waals surface area contributed by atoms with E-state index in [1.807, 2.05) is 0 Å². The number of amides is 3. The number of alkyl carbamates (subject to hydrolysis) is 2. The first-order valence-electron chi connectivity index (χ1n) is 11.5. The highest BCUT2D eigenvalue weighted by Crippen LogP contribution is 2.30. The van der Waals surface area contributed by atoms with Gasteiger partial charge in [0.15, 0.2) is 0 Å². The van der Waals surface area contributed by atoms with Crippen molar-refractivity contribution in [1.82, 2.24) is 10.6 Å². The SMILES string of the molecule is C=C(C)C(=O)OCCOC(=O)NCCC(C)CC(C)(C)CCNC(=O)OCCCCOC(N)=O. The van der Waals surface area contributed by atoms with E-state index in [1.54, 1.807) is 6.92 Å². The van der Waals surface area contributed by atoms with Crippen molar-refractivity contribution in [3.8, 4) is 0 Å². The van der Waals surface area contributed by atoms with E-state index >= 15 is 0 Å². The molecule has 11 nitrogen and oxygen atoms in total. The number of nitrogens with two attached hydrogens (primary N) is 1. The standard InChI is InChI=1S/C23H41N3O8/c1-17(2)19(27)31-14-15-34-21(29)25-10-8-18(3)16-23(4,5)9-11-26-22(30)33-13-7-6-12-32-20(24)28/h18H,1,6-16H2,2-5H3,(H2,24,28)(H,25,29)(H,26,30). The zero-order valence-corrected chi connectivity index (χ0v) is 20.9. The molecule has 0 heterocycles. The van der Waals surface area contributed by atoms with Gasteiger partial charge < -0.3 is 35.3 Å². The minimum atomic E-state index is -0.815. The number of carbonyl (C=O) groups is 4. The van der Waals surface area contributed by atoms with Gasteiger partial charge in [-0.25, -0.2) is 19.2 Å². The lowest BCUT2D eigenvalue weighted by Gasteiger charge is -2.28. The number of esters is 1. The predicted octanol–water partition coefficient (Wildman–Crippen LogP) is 3.27. The first-order chi connectivity index (χ1) is 15.9. The number of nitrogens with one attached hydrogen (secondary N) is 2. The number of hydrogen-bond acceptors (Lipinski definition) is 8. The Bertz CT molecular complexity index is 667. The molecule has 196 valence electrons. The molecular weight excluding hydrogens is 446 g/mol. The third kappa shape index (κ3) is 18.6. The Kier molecular flexibility index (Phi) is 16.0. The lowest BCUT2D eigenvalue weighted by molar-refractivity contribution is -0.139. The van der Waals surface area contributed by atoms with Crippen LogP contribution in [-0.2, 0) is 23.7 Å². The molecule has 0 spiro atoms. The average molecular weight is 488 g/mol. The lowest BCUT2D eigenvalue weighted by atomic mass is 9.79. The molecular formula is C23H41N3O8. The maximum absolute atomic E-state index is 11.7. The van der Waals surface area contributed by atoms with Crippen molar-refractivity contribution in [1.29, 1.82) is 0 Å². The Morgan fingerprint density at radius 1 is 0.882 bits per heavy atom. The molecule has 0 aliphatic heterocycles. The number of ether oxygens (including phenoxy) is 4. The zero-order valence-electron chi connectivity index (χ0n) is 20.9. The fraction of sp³-hybridized carbons (Fsp3) is 0.739. The summed E-state index contributed by atoms with van der Waals surface area (Å²) in [5, 5.41) is 5.42. The summed E-state index contributed by atoms with van der Waals surface area (Å²) >= 11 is 0. The highest BCUT2D eigenvalue weighted by atomic mass is 16.6. The highest BCUT2D eigenvalue weighted by Gasteiger charge is 2.21. The molecule has 1 atom stereocenters. The van der Waals surface area contributed by atoms with Gasteiger partial charge in [-0.1, -0.05) is 27.4 Å². The molecule has 0 saturated carbocycles. The first kappa shape index (κ1) is 31.0. The first-order valence-corrected chi connectivity index (χ1v) is 11.5. The van der Waals surface area contributed by atoms with Gasteiger partial charge in [-0.15, -0.1) is 0 Å². The molecule has 3 amide bonds. The summed E-state index contributed by atoms with van der Waals surface area (Å²) in [4.78, 5) is 45.1. The Balaban J connectivity index is 3.85. The van der Waals surface area contributed by atoms with Crippen LogP contribution in [0.25, 0.3) is 0 Å². The molecule has 0 aromatic carbocycles. The average Bonchev–Trinajstić information content (AvgIpc) is 2.72. The summed E-state index contributed by atoms with van der Waals surface area (Å²) in [6.45, 7) is 12.7. The second-order valence-corrected chi connectivity index (χ2v) is 8.93. The maximum atomic E-state index is 11.7. The van der Waals surface area contributed by atoms with Crippen LogP contribution in [0.4, 0.5) is 14.4 Å². The van der Waals surface area contributed by atoms with Crippen LogP contribution < -0.4 is 16.4 Å². The molecule has 0 aromatic rings. The minimum absolute atomic E-state index is 0.00747. The quantitative estimate of drug-likeness (QED) is 0.122. The molecule has 0 fully saturated rings. The van der Waals surface area contributed by atoms with Crippen LogP contribution >= 0.6 is 0 Å². The highest BCUT2D eigenvalue weighted by molar-refractivity contribution is 5.86. The molecule has 0 rings (SSSR count). The monoisotopic (exact) mass is 487 g/mol. The molecule has 0 aliphatic rings. The third-order valence-corrected chi connectivity index (χ3v) is 4.79. The third-order valence-electron chi connectivity index (χ3n) is 4.79. The Morgan fingerprint density at radius 2 is 1.41 bits per heavy atom. The van der Waals surface area contributed by atoms with Crippen LogP contribution in [0.2, 0.25) is 0 Å². The van der Waals surface area contributed by atoms with Gasteiger partial charge in [0.05, 0.1) is 13.2 Å². The second-order valence-electron chi connectivity index (χ2n) is 8.93. The van der Waals surface area contributed by atoms with Crippen molar-refractivity contribution < 1.29 is 38.1 Å². The summed E-state index contributed by atoms with van der Waals surface area (Å²) in [7, 11) is 0. The zero-order chi connectivity index (χ0) is 26.0. The molecule has 0 saturated heterocycles. The van der Waals surface area contributed by atoms with Crippen LogP contribution in [0.3, 0.4) is 0 Å². The maximum Gasteiger partial charge on any atom is 0.407 e. The van der Waals surface area contributed by atoms with Crippen LogP contribution in [0.15, 0.2) is 12.2 Å². The van der Waals surface area contributed by atoms with E-state index in [0.717, 1.165) is 19.3 Å². The van der Waals surface area contributed by atoms with Gasteiger partial charge in [0, 0.05) is 18.7 Å². The lowest BCUT2D eigenvalue weighted by Crippen LogP contribution is -2.30. The number of unbranched alkanes of at least 4 members (excludes halogenated alkanes) is 1. The summed E-state index contributed by atoms with van der Waals surface area (Å²) in [6.07, 6.45) is 1.77. The summed E-state index contributed by atoms with van der Waals surface area (Å²) in [6, 6.07) is 0. The second kappa shape index (κ2) is 17.5. The number of hydrogen-bond donors (Lipinski definition) is 3. The van der Waals surface area contributed by atoms with Gasteiger partial charge in [-0.2, -0.15) is 0 Å². The number of carbonyl (C=O) groups excluding carboxylic acids is 4. The smallest absolute Gasteiger partial charge is 0.407 e. The van der Waals surface area contributed by atoms with Crippen molar-refractivity contribution in [3.05, 3.63) is 12.2 Å². The normalized spacial score (nSPS) is 11.6. The Morgan fingerprint density at radius 3 is 2.00 bits per heavy atom. The number of primary amides is 1.